The monoisotopic (exact) mass is 445 g/mol. The lowest BCUT2D eigenvalue weighted by Crippen LogP contribution is -2.42. The Morgan fingerprint density at radius 1 is 1.00 bits per heavy atom. The minimum atomic E-state index is -3.61. The number of benzene rings is 2. The molecule has 1 fully saturated rings. The van der Waals surface area contributed by atoms with E-state index in [0.717, 1.165) is 44.6 Å². The van der Waals surface area contributed by atoms with Crippen LogP contribution in [0.2, 0.25) is 0 Å². The SMILES string of the molecule is Cc1ccc(S(=O)(=O)N2CCCN(Cc3ccccc3)CCCNCC(CO)C2)cc1. The maximum absolute atomic E-state index is 13.4. The molecule has 1 heterocycles. The topological polar surface area (TPSA) is 72.9 Å². The number of rotatable bonds is 5. The fraction of sp³-hybridized carbons (Fsp3) is 0.500. The van der Waals surface area contributed by atoms with E-state index in [1.165, 1.54) is 5.56 Å². The molecule has 0 spiro atoms. The Hall–Kier alpha value is -1.77. The molecule has 170 valence electrons. The lowest BCUT2D eigenvalue weighted by Gasteiger charge is -2.29. The molecular formula is C24H35N3O3S. The van der Waals surface area contributed by atoms with Gasteiger partial charge in [0.05, 0.1) is 4.90 Å². The predicted molar refractivity (Wildman–Crippen MR) is 124 cm³/mol. The third-order valence-corrected chi connectivity index (χ3v) is 7.65. The molecule has 31 heavy (non-hydrogen) atoms. The molecule has 7 heteroatoms. The summed E-state index contributed by atoms with van der Waals surface area (Å²) >= 11 is 0. The highest BCUT2D eigenvalue weighted by Crippen LogP contribution is 2.19. The fourth-order valence-corrected chi connectivity index (χ4v) is 5.51. The Morgan fingerprint density at radius 2 is 1.71 bits per heavy atom. The predicted octanol–water partition coefficient (Wildman–Crippen LogP) is 2.48. The maximum Gasteiger partial charge on any atom is 0.243 e. The van der Waals surface area contributed by atoms with Gasteiger partial charge in [0.1, 0.15) is 0 Å². The van der Waals surface area contributed by atoms with Gasteiger partial charge in [-0.1, -0.05) is 48.0 Å². The van der Waals surface area contributed by atoms with E-state index in [-0.39, 0.29) is 12.5 Å². The van der Waals surface area contributed by atoms with E-state index in [0.29, 0.717) is 24.5 Å². The molecule has 2 N–H and O–H groups in total. The molecule has 1 saturated heterocycles. The summed E-state index contributed by atoms with van der Waals surface area (Å²) in [4.78, 5) is 2.72. The average molecular weight is 446 g/mol. The van der Waals surface area contributed by atoms with Crippen LogP contribution in [0.3, 0.4) is 0 Å². The molecule has 0 bridgehead atoms. The van der Waals surface area contributed by atoms with Crippen LogP contribution in [0.15, 0.2) is 59.5 Å². The standard InChI is InChI=1S/C24H35N3O3S/c1-21-9-11-24(12-10-21)31(29,30)27-16-6-15-26(18-22-7-3-2-4-8-22)14-5-13-25-17-23(19-27)20-28/h2-4,7-12,23,25,28H,5-6,13-20H2,1H3. The van der Waals surface area contributed by atoms with E-state index in [2.05, 4.69) is 34.5 Å². The van der Waals surface area contributed by atoms with Gasteiger partial charge in [0.15, 0.2) is 0 Å². The lowest BCUT2D eigenvalue weighted by atomic mass is 10.1. The van der Waals surface area contributed by atoms with Crippen molar-refractivity contribution in [2.45, 2.75) is 31.2 Å². The summed E-state index contributed by atoms with van der Waals surface area (Å²) in [5, 5.41) is 13.2. The molecular weight excluding hydrogens is 410 g/mol. The summed E-state index contributed by atoms with van der Waals surface area (Å²) in [5.41, 5.74) is 2.30. The number of sulfonamides is 1. The first kappa shape index (κ1) is 23.9. The van der Waals surface area contributed by atoms with Gasteiger partial charge in [-0.3, -0.25) is 4.90 Å². The first-order valence-corrected chi connectivity index (χ1v) is 12.6. The van der Waals surface area contributed by atoms with Crippen LogP contribution in [-0.4, -0.2) is 68.6 Å². The summed E-state index contributed by atoms with van der Waals surface area (Å²) in [7, 11) is -3.61. The number of nitrogens with zero attached hydrogens (tertiary/aromatic N) is 2. The van der Waals surface area contributed by atoms with E-state index in [1.807, 2.05) is 25.1 Å². The molecule has 0 aromatic heterocycles. The quantitative estimate of drug-likeness (QED) is 0.740. The smallest absolute Gasteiger partial charge is 0.243 e. The third-order valence-electron chi connectivity index (χ3n) is 5.77. The summed E-state index contributed by atoms with van der Waals surface area (Å²) < 4.78 is 28.3. The Balaban J connectivity index is 1.75. The second-order valence-corrected chi connectivity index (χ2v) is 10.3. The summed E-state index contributed by atoms with van der Waals surface area (Å²) in [6.45, 7) is 6.78. The number of nitrogens with one attached hydrogen (secondary N) is 1. The van der Waals surface area contributed by atoms with Crippen molar-refractivity contribution >= 4 is 10.0 Å². The highest BCUT2D eigenvalue weighted by atomic mass is 32.2. The van der Waals surface area contributed by atoms with Gasteiger partial charge in [-0.15, -0.1) is 0 Å². The van der Waals surface area contributed by atoms with Gasteiger partial charge in [-0.05, 0) is 57.1 Å². The van der Waals surface area contributed by atoms with Gasteiger partial charge in [0.25, 0.3) is 0 Å². The van der Waals surface area contributed by atoms with E-state index in [9.17, 15) is 13.5 Å². The zero-order chi connectivity index (χ0) is 22.1. The molecule has 6 nitrogen and oxygen atoms in total. The van der Waals surface area contributed by atoms with Crippen LogP contribution >= 0.6 is 0 Å². The molecule has 3 rings (SSSR count). The molecule has 0 aliphatic carbocycles. The largest absolute Gasteiger partial charge is 0.396 e. The molecule has 2 aromatic rings. The van der Waals surface area contributed by atoms with Gasteiger partial charge in [-0.25, -0.2) is 8.42 Å². The van der Waals surface area contributed by atoms with E-state index in [4.69, 9.17) is 0 Å². The average Bonchev–Trinajstić information content (AvgIpc) is 2.76. The third kappa shape index (κ3) is 7.12. The van der Waals surface area contributed by atoms with E-state index < -0.39 is 10.0 Å². The Morgan fingerprint density at radius 3 is 2.42 bits per heavy atom. The number of hydrogen-bond donors (Lipinski definition) is 2. The van der Waals surface area contributed by atoms with Crippen molar-refractivity contribution in [2.24, 2.45) is 5.92 Å². The van der Waals surface area contributed by atoms with Crippen LogP contribution in [0.1, 0.15) is 24.0 Å². The molecule has 0 saturated carbocycles. The number of hydrogen-bond acceptors (Lipinski definition) is 5. The number of aliphatic hydroxyl groups excluding tert-OH is 1. The minimum absolute atomic E-state index is 0.0347. The molecule has 1 aliphatic heterocycles. The van der Waals surface area contributed by atoms with Crippen LogP contribution in [-0.2, 0) is 16.6 Å². The molecule has 1 aliphatic rings. The minimum Gasteiger partial charge on any atom is -0.396 e. The van der Waals surface area contributed by atoms with Gasteiger partial charge >= 0.3 is 0 Å². The van der Waals surface area contributed by atoms with Gasteiger partial charge in [0.2, 0.25) is 10.0 Å². The number of aryl methyl sites for hydroxylation is 1. The van der Waals surface area contributed by atoms with Crippen molar-refractivity contribution in [1.82, 2.24) is 14.5 Å². The van der Waals surface area contributed by atoms with Crippen LogP contribution < -0.4 is 5.32 Å². The second kappa shape index (κ2) is 11.7. The highest BCUT2D eigenvalue weighted by molar-refractivity contribution is 7.89. The number of aliphatic hydroxyl groups is 1. The van der Waals surface area contributed by atoms with Crippen molar-refractivity contribution in [3.05, 3.63) is 65.7 Å². The van der Waals surface area contributed by atoms with Crippen molar-refractivity contribution in [2.75, 3.05) is 45.9 Å². The van der Waals surface area contributed by atoms with Crippen molar-refractivity contribution < 1.29 is 13.5 Å². The Labute approximate surface area is 186 Å². The summed E-state index contributed by atoms with van der Waals surface area (Å²) in [6, 6.07) is 17.4. The van der Waals surface area contributed by atoms with Gasteiger partial charge in [-0.2, -0.15) is 4.31 Å². The molecule has 2 aromatic carbocycles. The van der Waals surface area contributed by atoms with E-state index in [1.54, 1.807) is 16.4 Å². The van der Waals surface area contributed by atoms with Crippen molar-refractivity contribution in [3.8, 4) is 0 Å². The van der Waals surface area contributed by atoms with Gasteiger partial charge < -0.3 is 10.4 Å². The summed E-state index contributed by atoms with van der Waals surface area (Å²) in [5.74, 6) is -0.125. The Kier molecular flexibility index (Phi) is 9.04. The summed E-state index contributed by atoms with van der Waals surface area (Å²) in [6.07, 6.45) is 1.78. The fourth-order valence-electron chi connectivity index (χ4n) is 3.96. The Bertz CT molecular complexity index is 888. The normalized spacial score (nSPS) is 20.6. The zero-order valence-corrected chi connectivity index (χ0v) is 19.2. The zero-order valence-electron chi connectivity index (χ0n) is 18.4. The highest BCUT2D eigenvalue weighted by Gasteiger charge is 2.27. The van der Waals surface area contributed by atoms with Crippen LogP contribution in [0.25, 0.3) is 0 Å². The lowest BCUT2D eigenvalue weighted by molar-refractivity contribution is 0.186. The van der Waals surface area contributed by atoms with Crippen molar-refractivity contribution in [1.29, 1.82) is 0 Å². The van der Waals surface area contributed by atoms with Crippen LogP contribution in [0, 0.1) is 12.8 Å². The van der Waals surface area contributed by atoms with Gasteiger partial charge in [0, 0.05) is 38.7 Å². The van der Waals surface area contributed by atoms with E-state index >= 15 is 0 Å². The molecule has 1 atom stereocenters. The first-order chi connectivity index (χ1) is 15.0. The molecule has 0 amide bonds. The van der Waals surface area contributed by atoms with Crippen LogP contribution in [0.5, 0.6) is 0 Å². The van der Waals surface area contributed by atoms with Crippen LogP contribution in [0.4, 0.5) is 0 Å². The molecule has 1 unspecified atom stereocenters. The maximum atomic E-state index is 13.4. The molecule has 0 radical (unpaired) electrons. The second-order valence-electron chi connectivity index (χ2n) is 8.40. The first-order valence-electron chi connectivity index (χ1n) is 11.1. The van der Waals surface area contributed by atoms with Crippen molar-refractivity contribution in [3.63, 3.8) is 0 Å².